The van der Waals surface area contributed by atoms with Gasteiger partial charge in [-0.1, -0.05) is 19.1 Å². The minimum absolute atomic E-state index is 0.0240. The van der Waals surface area contributed by atoms with E-state index < -0.39 is 42.6 Å². The Labute approximate surface area is 200 Å². The first kappa shape index (κ1) is 24.3. The minimum atomic E-state index is -2.99. The van der Waals surface area contributed by atoms with Gasteiger partial charge in [-0.05, 0) is 49.1 Å². The maximum absolute atomic E-state index is 13.4. The fourth-order valence-corrected chi connectivity index (χ4v) is 4.64. The molecule has 2 heterocycles. The SMILES string of the molecule is C[C@@H]1CCCN(c2ccc(NC(=O)[C@H](CC(F)F)N3C(=O)c4ccccc4C3=O)c(C(=O)O)c2)C1. The van der Waals surface area contributed by atoms with Gasteiger partial charge in [-0.3, -0.25) is 19.3 Å². The number of carboxylic acid groups (broad SMARTS) is 1. The quantitative estimate of drug-likeness (QED) is 0.577. The largest absolute Gasteiger partial charge is 0.478 e. The van der Waals surface area contributed by atoms with Crippen molar-refractivity contribution >= 4 is 35.1 Å². The van der Waals surface area contributed by atoms with Crippen LogP contribution in [0, 0.1) is 5.92 Å². The van der Waals surface area contributed by atoms with Gasteiger partial charge in [-0.25, -0.2) is 13.6 Å². The smallest absolute Gasteiger partial charge is 0.337 e. The second kappa shape index (κ2) is 9.81. The number of halogens is 2. The van der Waals surface area contributed by atoms with E-state index in [-0.39, 0.29) is 22.4 Å². The first-order valence-electron chi connectivity index (χ1n) is 11.4. The third-order valence-corrected chi connectivity index (χ3v) is 6.35. The van der Waals surface area contributed by atoms with E-state index in [9.17, 15) is 33.1 Å². The van der Waals surface area contributed by atoms with Crippen molar-refractivity contribution in [2.75, 3.05) is 23.3 Å². The van der Waals surface area contributed by atoms with E-state index in [2.05, 4.69) is 17.1 Å². The van der Waals surface area contributed by atoms with Crippen molar-refractivity contribution < 1.29 is 33.1 Å². The molecular formula is C25H25F2N3O5. The molecule has 2 aliphatic heterocycles. The second-order valence-corrected chi connectivity index (χ2v) is 8.89. The van der Waals surface area contributed by atoms with Crippen molar-refractivity contribution in [1.82, 2.24) is 4.90 Å². The molecule has 8 nitrogen and oxygen atoms in total. The first-order valence-corrected chi connectivity index (χ1v) is 11.4. The van der Waals surface area contributed by atoms with E-state index in [0.717, 1.165) is 25.9 Å². The molecule has 2 N–H and O–H groups in total. The van der Waals surface area contributed by atoms with Crippen LogP contribution in [0.4, 0.5) is 20.2 Å². The summed E-state index contributed by atoms with van der Waals surface area (Å²) < 4.78 is 26.8. The lowest BCUT2D eigenvalue weighted by Crippen LogP contribution is -2.48. The summed E-state index contributed by atoms with van der Waals surface area (Å²) in [5.41, 5.74) is 0.405. The first-order chi connectivity index (χ1) is 16.7. The highest BCUT2D eigenvalue weighted by atomic mass is 19.3. The van der Waals surface area contributed by atoms with Gasteiger partial charge in [0.15, 0.2) is 0 Å². The summed E-state index contributed by atoms with van der Waals surface area (Å²) in [6.07, 6.45) is -2.02. The number of alkyl halides is 2. The average molecular weight is 485 g/mol. The molecule has 2 atom stereocenters. The highest BCUT2D eigenvalue weighted by molar-refractivity contribution is 6.23. The lowest BCUT2D eigenvalue weighted by Gasteiger charge is -2.33. The number of hydrogen-bond donors (Lipinski definition) is 2. The van der Waals surface area contributed by atoms with Crippen LogP contribution in [0.5, 0.6) is 0 Å². The van der Waals surface area contributed by atoms with Crippen molar-refractivity contribution in [3.63, 3.8) is 0 Å². The number of hydrogen-bond acceptors (Lipinski definition) is 5. The number of fused-ring (bicyclic) bond motifs is 1. The number of rotatable bonds is 7. The summed E-state index contributed by atoms with van der Waals surface area (Å²) in [6.45, 7) is 3.65. The molecule has 0 bridgehead atoms. The van der Waals surface area contributed by atoms with Crippen LogP contribution >= 0.6 is 0 Å². The Morgan fingerprint density at radius 1 is 1.11 bits per heavy atom. The number of anilines is 2. The molecule has 0 aliphatic carbocycles. The Balaban J connectivity index is 1.61. The maximum Gasteiger partial charge on any atom is 0.337 e. The Morgan fingerprint density at radius 3 is 2.34 bits per heavy atom. The van der Waals surface area contributed by atoms with Gasteiger partial charge in [0.2, 0.25) is 12.3 Å². The lowest BCUT2D eigenvalue weighted by molar-refractivity contribution is -0.121. The molecule has 3 amide bonds. The molecule has 0 aromatic heterocycles. The van der Waals surface area contributed by atoms with Crippen LogP contribution in [-0.4, -0.2) is 59.3 Å². The predicted octanol–water partition coefficient (Wildman–Crippen LogP) is 3.88. The van der Waals surface area contributed by atoms with Gasteiger partial charge in [-0.2, -0.15) is 0 Å². The van der Waals surface area contributed by atoms with E-state index in [1.165, 1.54) is 36.4 Å². The van der Waals surface area contributed by atoms with Crippen molar-refractivity contribution in [2.45, 2.75) is 38.7 Å². The number of benzene rings is 2. The van der Waals surface area contributed by atoms with Gasteiger partial charge in [0, 0.05) is 25.2 Å². The second-order valence-electron chi connectivity index (χ2n) is 8.89. The summed E-state index contributed by atoms with van der Waals surface area (Å²) >= 11 is 0. The standard InChI is InChI=1S/C25H25F2N3O5/c1-14-5-4-10-29(13-14)15-8-9-19(18(11-15)25(34)35)28-22(31)20(12-21(26)27)30-23(32)16-6-2-3-7-17(16)24(30)33/h2-3,6-9,11,14,20-21H,4-5,10,12-13H2,1H3,(H,28,31)(H,34,35)/t14-,20+/m1/s1. The molecule has 1 fully saturated rings. The zero-order valence-electron chi connectivity index (χ0n) is 19.0. The molecule has 2 aliphatic rings. The number of carbonyl (C=O) groups is 4. The van der Waals surface area contributed by atoms with Gasteiger partial charge < -0.3 is 15.3 Å². The zero-order valence-corrected chi connectivity index (χ0v) is 19.0. The van der Waals surface area contributed by atoms with Crippen LogP contribution in [0.1, 0.15) is 57.3 Å². The maximum atomic E-state index is 13.4. The van der Waals surface area contributed by atoms with Crippen molar-refractivity contribution in [3.8, 4) is 0 Å². The summed E-state index contributed by atoms with van der Waals surface area (Å²) in [5.74, 6) is -3.62. The number of nitrogens with one attached hydrogen (secondary N) is 1. The number of carboxylic acids is 1. The summed E-state index contributed by atoms with van der Waals surface area (Å²) in [7, 11) is 0. The Bertz CT molecular complexity index is 1150. The average Bonchev–Trinajstić information content (AvgIpc) is 3.07. The van der Waals surface area contributed by atoms with Crippen LogP contribution in [0.25, 0.3) is 0 Å². The fourth-order valence-electron chi connectivity index (χ4n) is 4.64. The van der Waals surface area contributed by atoms with E-state index in [1.807, 2.05) is 0 Å². The normalized spacial score (nSPS) is 18.6. The summed E-state index contributed by atoms with van der Waals surface area (Å²) in [6, 6.07) is 8.50. The van der Waals surface area contributed by atoms with Gasteiger partial charge in [-0.15, -0.1) is 0 Å². The van der Waals surface area contributed by atoms with Crippen molar-refractivity contribution in [1.29, 1.82) is 0 Å². The molecule has 2 aromatic carbocycles. The zero-order chi connectivity index (χ0) is 25.3. The minimum Gasteiger partial charge on any atom is -0.478 e. The summed E-state index contributed by atoms with van der Waals surface area (Å²) in [5, 5.41) is 12.1. The molecule has 35 heavy (non-hydrogen) atoms. The Hall–Kier alpha value is -3.82. The molecule has 10 heteroatoms. The van der Waals surface area contributed by atoms with Gasteiger partial charge in [0.05, 0.1) is 22.4 Å². The van der Waals surface area contributed by atoms with E-state index >= 15 is 0 Å². The highest BCUT2D eigenvalue weighted by Crippen LogP contribution is 2.30. The molecular weight excluding hydrogens is 460 g/mol. The van der Waals surface area contributed by atoms with Crippen LogP contribution < -0.4 is 10.2 Å². The number of aromatic carboxylic acids is 1. The predicted molar refractivity (Wildman–Crippen MR) is 124 cm³/mol. The third kappa shape index (κ3) is 4.87. The topological polar surface area (TPSA) is 107 Å². The molecule has 184 valence electrons. The van der Waals surface area contributed by atoms with Crippen LogP contribution in [0.15, 0.2) is 42.5 Å². The van der Waals surface area contributed by atoms with Crippen LogP contribution in [-0.2, 0) is 4.79 Å². The molecule has 1 saturated heterocycles. The van der Waals surface area contributed by atoms with E-state index in [1.54, 1.807) is 6.07 Å². The highest BCUT2D eigenvalue weighted by Gasteiger charge is 2.43. The molecule has 0 saturated carbocycles. The van der Waals surface area contributed by atoms with Crippen molar-refractivity contribution in [2.24, 2.45) is 5.92 Å². The number of amides is 3. The lowest BCUT2D eigenvalue weighted by atomic mass is 9.99. The van der Waals surface area contributed by atoms with Crippen LogP contribution in [0.2, 0.25) is 0 Å². The van der Waals surface area contributed by atoms with Gasteiger partial charge in [0.25, 0.3) is 11.8 Å². The number of piperidine rings is 1. The Kier molecular flexibility index (Phi) is 6.81. The summed E-state index contributed by atoms with van der Waals surface area (Å²) in [4.78, 5) is 53.2. The number of nitrogens with zero attached hydrogens (tertiary/aromatic N) is 2. The van der Waals surface area contributed by atoms with E-state index in [0.29, 0.717) is 16.5 Å². The number of imide groups is 1. The molecule has 4 rings (SSSR count). The number of carbonyl (C=O) groups excluding carboxylic acids is 3. The Morgan fingerprint density at radius 2 is 1.77 bits per heavy atom. The molecule has 0 spiro atoms. The van der Waals surface area contributed by atoms with Gasteiger partial charge in [0.1, 0.15) is 6.04 Å². The monoisotopic (exact) mass is 485 g/mol. The van der Waals surface area contributed by atoms with Gasteiger partial charge >= 0.3 is 5.97 Å². The van der Waals surface area contributed by atoms with Crippen molar-refractivity contribution in [3.05, 3.63) is 59.2 Å². The van der Waals surface area contributed by atoms with Crippen LogP contribution in [0.3, 0.4) is 0 Å². The molecule has 0 unspecified atom stereocenters. The molecule has 2 aromatic rings. The van der Waals surface area contributed by atoms with E-state index in [4.69, 9.17) is 0 Å². The fraction of sp³-hybridized carbons (Fsp3) is 0.360. The molecule has 0 radical (unpaired) electrons. The third-order valence-electron chi connectivity index (χ3n) is 6.35.